The summed E-state index contributed by atoms with van der Waals surface area (Å²) in [5, 5.41) is 3.03. The van der Waals surface area contributed by atoms with E-state index in [2.05, 4.69) is 5.32 Å². The summed E-state index contributed by atoms with van der Waals surface area (Å²) in [6, 6.07) is 6.15. The molecule has 1 aliphatic carbocycles. The first-order chi connectivity index (χ1) is 9.65. The van der Waals surface area contributed by atoms with Crippen molar-refractivity contribution in [1.82, 2.24) is 0 Å². The van der Waals surface area contributed by atoms with Crippen molar-refractivity contribution in [2.45, 2.75) is 44.7 Å². The van der Waals surface area contributed by atoms with Crippen molar-refractivity contribution in [1.29, 1.82) is 0 Å². The van der Waals surface area contributed by atoms with Crippen molar-refractivity contribution < 1.29 is 14.8 Å². The molecule has 0 aliphatic heterocycles. The zero-order valence-electron chi connectivity index (χ0n) is 11.6. The van der Waals surface area contributed by atoms with Crippen LogP contribution >= 0.6 is 11.6 Å². The van der Waals surface area contributed by atoms with Crippen molar-refractivity contribution in [2.75, 3.05) is 6.61 Å². The van der Waals surface area contributed by atoms with Crippen LogP contribution in [0.2, 0.25) is 5.02 Å². The topological polar surface area (TPSA) is 68.9 Å². The molecule has 1 aliphatic rings. The van der Waals surface area contributed by atoms with Crippen LogP contribution in [0.15, 0.2) is 18.2 Å². The number of quaternary nitrogens is 1. The molecule has 4 N–H and O–H groups in total. The molecule has 0 saturated heterocycles. The lowest BCUT2D eigenvalue weighted by molar-refractivity contribution is -0.706. The second-order valence-corrected chi connectivity index (χ2v) is 5.78. The van der Waals surface area contributed by atoms with Crippen molar-refractivity contribution in [3.05, 3.63) is 28.8 Å². The Morgan fingerprint density at radius 3 is 2.80 bits per heavy atom. The van der Waals surface area contributed by atoms with Gasteiger partial charge < -0.3 is 15.8 Å². The highest BCUT2D eigenvalue weighted by atomic mass is 35.5. The predicted molar refractivity (Wildman–Crippen MR) is 78.6 cm³/mol. The predicted octanol–water partition coefficient (Wildman–Crippen LogP) is 1.60. The minimum Gasteiger partial charge on any atom is -0.483 e. The van der Waals surface area contributed by atoms with Crippen LogP contribution in [0, 0.1) is 0 Å². The van der Waals surface area contributed by atoms with Crippen molar-refractivity contribution >= 4 is 17.5 Å². The number of carbonyl (C=O) groups is 1. The molecule has 0 unspecified atom stereocenters. The zero-order chi connectivity index (χ0) is 14.4. The number of halogens is 1. The summed E-state index contributed by atoms with van der Waals surface area (Å²) in [5.41, 5.74) is 6.13. The average molecular weight is 298 g/mol. The second-order valence-electron chi connectivity index (χ2n) is 5.34. The number of hydrogen-bond acceptors (Lipinski definition) is 2. The molecule has 4 nitrogen and oxygen atoms in total. The van der Waals surface area contributed by atoms with Crippen molar-refractivity contribution in [2.24, 2.45) is 5.73 Å². The molecule has 2 rings (SSSR count). The first-order valence-electron chi connectivity index (χ1n) is 7.18. The van der Waals surface area contributed by atoms with Gasteiger partial charge in [-0.15, -0.1) is 0 Å². The fourth-order valence-corrected chi connectivity index (χ4v) is 2.86. The lowest BCUT2D eigenvalue weighted by atomic mass is 9.95. The molecule has 0 spiro atoms. The highest BCUT2D eigenvalue weighted by Gasteiger charge is 2.17. The Balaban J connectivity index is 1.96. The smallest absolute Gasteiger partial charge is 0.255 e. The Kier molecular flexibility index (Phi) is 5.68. The fraction of sp³-hybridized carbons (Fsp3) is 0.533. The van der Waals surface area contributed by atoms with Crippen molar-refractivity contribution in [3.63, 3.8) is 0 Å². The van der Waals surface area contributed by atoms with E-state index in [-0.39, 0.29) is 6.61 Å². The lowest BCUT2D eigenvalue weighted by Crippen LogP contribution is -2.88. The van der Waals surface area contributed by atoms with Gasteiger partial charge in [0.05, 0.1) is 6.04 Å². The van der Waals surface area contributed by atoms with Gasteiger partial charge in [-0.3, -0.25) is 4.79 Å². The van der Waals surface area contributed by atoms with E-state index in [1.54, 1.807) is 12.1 Å². The second kappa shape index (κ2) is 7.50. The number of hydrogen-bond donors (Lipinski definition) is 2. The Bertz CT molecular complexity index is 459. The van der Waals surface area contributed by atoms with Crippen LogP contribution < -0.4 is 15.8 Å². The number of ether oxygens (including phenoxy) is 1. The number of rotatable bonds is 6. The molecule has 0 aromatic heterocycles. The number of carbonyl (C=O) groups excluding carboxylic acids is 1. The Labute approximate surface area is 124 Å². The van der Waals surface area contributed by atoms with Crippen LogP contribution in [-0.2, 0) is 11.3 Å². The first kappa shape index (κ1) is 15.1. The van der Waals surface area contributed by atoms with Gasteiger partial charge >= 0.3 is 0 Å². The molecule has 1 aromatic carbocycles. The quantitative estimate of drug-likeness (QED) is 0.837. The molecule has 1 aromatic rings. The molecular weight excluding hydrogens is 276 g/mol. The normalized spacial score (nSPS) is 16.1. The third-order valence-electron chi connectivity index (χ3n) is 3.71. The maximum atomic E-state index is 10.8. The molecule has 20 heavy (non-hydrogen) atoms. The van der Waals surface area contributed by atoms with Gasteiger partial charge in [0, 0.05) is 10.6 Å². The van der Waals surface area contributed by atoms with E-state index in [1.807, 2.05) is 6.07 Å². The Morgan fingerprint density at radius 2 is 2.10 bits per heavy atom. The molecule has 5 heteroatoms. The van der Waals surface area contributed by atoms with E-state index in [9.17, 15) is 4.79 Å². The highest BCUT2D eigenvalue weighted by molar-refractivity contribution is 6.30. The van der Waals surface area contributed by atoms with Crippen LogP contribution in [0.3, 0.4) is 0 Å². The van der Waals surface area contributed by atoms with E-state index in [4.69, 9.17) is 22.1 Å². The minimum atomic E-state index is -0.470. The van der Waals surface area contributed by atoms with Gasteiger partial charge in [0.15, 0.2) is 6.61 Å². The number of nitrogens with two attached hydrogens (primary N) is 2. The van der Waals surface area contributed by atoms with E-state index in [1.165, 1.54) is 32.1 Å². The lowest BCUT2D eigenvalue weighted by Gasteiger charge is -2.20. The third kappa shape index (κ3) is 4.69. The van der Waals surface area contributed by atoms with Gasteiger partial charge in [-0.1, -0.05) is 18.0 Å². The fourth-order valence-electron chi connectivity index (χ4n) is 2.66. The molecule has 1 fully saturated rings. The van der Waals surface area contributed by atoms with Crippen molar-refractivity contribution in [3.8, 4) is 5.75 Å². The standard InChI is InChI=1S/C15H21ClN2O2/c16-12-6-7-14(20-10-15(17)19)11(8-12)9-18-13-4-2-1-3-5-13/h6-8,13,18H,1-5,9-10H2,(H2,17,19)/p+1. The summed E-state index contributed by atoms with van der Waals surface area (Å²) >= 11 is 6.04. The summed E-state index contributed by atoms with van der Waals surface area (Å²) in [6.07, 6.45) is 6.55. The molecule has 110 valence electrons. The first-order valence-corrected chi connectivity index (χ1v) is 7.56. The third-order valence-corrected chi connectivity index (χ3v) is 3.95. The molecule has 1 amide bonds. The summed E-state index contributed by atoms with van der Waals surface area (Å²) in [7, 11) is 0. The van der Waals surface area contributed by atoms with E-state index < -0.39 is 5.91 Å². The zero-order valence-corrected chi connectivity index (χ0v) is 12.4. The van der Waals surface area contributed by atoms with Crippen LogP contribution in [0.5, 0.6) is 5.75 Å². The summed E-state index contributed by atoms with van der Waals surface area (Å²) in [6.45, 7) is 0.720. The molecule has 0 radical (unpaired) electrons. The average Bonchev–Trinajstić information content (AvgIpc) is 2.45. The number of amides is 1. The minimum absolute atomic E-state index is 0.0991. The summed E-state index contributed by atoms with van der Waals surface area (Å²) < 4.78 is 5.44. The van der Waals surface area contributed by atoms with E-state index in [0.717, 1.165) is 12.1 Å². The molecule has 0 atom stereocenters. The Hall–Kier alpha value is -1.26. The maximum Gasteiger partial charge on any atom is 0.255 e. The van der Waals surface area contributed by atoms with Gasteiger partial charge in [-0.2, -0.15) is 0 Å². The number of benzene rings is 1. The summed E-state index contributed by atoms with van der Waals surface area (Å²) in [4.78, 5) is 10.8. The largest absolute Gasteiger partial charge is 0.483 e. The van der Waals surface area contributed by atoms with Crippen LogP contribution in [-0.4, -0.2) is 18.6 Å². The van der Waals surface area contributed by atoms with Crippen LogP contribution in [0.4, 0.5) is 0 Å². The highest BCUT2D eigenvalue weighted by Crippen LogP contribution is 2.22. The van der Waals surface area contributed by atoms with E-state index >= 15 is 0 Å². The van der Waals surface area contributed by atoms with Gasteiger partial charge in [-0.25, -0.2) is 0 Å². The van der Waals surface area contributed by atoms with Crippen LogP contribution in [0.25, 0.3) is 0 Å². The number of primary amides is 1. The van der Waals surface area contributed by atoms with Gasteiger partial charge in [0.1, 0.15) is 12.3 Å². The maximum absolute atomic E-state index is 10.8. The summed E-state index contributed by atoms with van der Waals surface area (Å²) in [5.74, 6) is 0.224. The molecule has 0 heterocycles. The van der Waals surface area contributed by atoms with Crippen LogP contribution in [0.1, 0.15) is 37.7 Å². The molecular formula is C15H22ClN2O2+. The Morgan fingerprint density at radius 1 is 1.35 bits per heavy atom. The SMILES string of the molecule is NC(=O)COc1ccc(Cl)cc1C[NH2+]C1CCCCC1. The monoisotopic (exact) mass is 297 g/mol. The van der Waals surface area contributed by atoms with Gasteiger partial charge in [-0.05, 0) is 43.9 Å². The molecule has 0 bridgehead atoms. The van der Waals surface area contributed by atoms with Gasteiger partial charge in [0.25, 0.3) is 5.91 Å². The van der Waals surface area contributed by atoms with Gasteiger partial charge in [0.2, 0.25) is 0 Å². The van der Waals surface area contributed by atoms with E-state index in [0.29, 0.717) is 16.8 Å². The molecule has 1 saturated carbocycles.